The fraction of sp³-hybridized carbons (Fsp3) is 0.241. The molecule has 0 saturated carbocycles. The maximum absolute atomic E-state index is 14.9. The third-order valence-electron chi connectivity index (χ3n) is 5.77. The van der Waals surface area contributed by atoms with Gasteiger partial charge in [-0.1, -0.05) is 31.0 Å². The van der Waals surface area contributed by atoms with Crippen molar-refractivity contribution in [3.63, 3.8) is 0 Å². The lowest BCUT2D eigenvalue weighted by Crippen LogP contribution is -2.22. The number of ether oxygens (including phenoxy) is 2. The van der Waals surface area contributed by atoms with Gasteiger partial charge in [0.25, 0.3) is 5.91 Å². The number of unbranched alkanes of at least 4 members (excludes halogenated alkanes) is 1. The molecule has 0 aliphatic heterocycles. The number of benzene rings is 2. The first-order valence-electron chi connectivity index (χ1n) is 12.8. The number of rotatable bonds is 11. The Balaban J connectivity index is 1.44. The average molecular weight is 547 g/mol. The largest absolute Gasteiger partial charge is 0.457 e. The van der Waals surface area contributed by atoms with Crippen LogP contribution in [0.1, 0.15) is 31.0 Å². The predicted molar refractivity (Wildman–Crippen MR) is 151 cm³/mol. The zero-order valence-electron chi connectivity index (χ0n) is 22.5. The second-order valence-electron chi connectivity index (χ2n) is 9.05. The van der Waals surface area contributed by atoms with Crippen LogP contribution < -0.4 is 20.7 Å². The average Bonchev–Trinajstić information content (AvgIpc) is 3.32. The summed E-state index contributed by atoms with van der Waals surface area (Å²) in [5.74, 6) is 0.208. The van der Waals surface area contributed by atoms with Crippen molar-refractivity contribution in [2.24, 2.45) is 0 Å². The molecule has 2 aromatic carbocycles. The monoisotopic (exact) mass is 546 g/mol. The van der Waals surface area contributed by atoms with Gasteiger partial charge in [-0.2, -0.15) is 5.10 Å². The number of methoxy groups -OCH3 is 1. The van der Waals surface area contributed by atoms with Gasteiger partial charge >= 0.3 is 6.03 Å². The van der Waals surface area contributed by atoms with E-state index in [1.807, 2.05) is 37.3 Å². The number of aryl methyl sites for hydroxylation is 2. The number of amides is 3. The molecule has 0 spiro atoms. The van der Waals surface area contributed by atoms with Gasteiger partial charge in [0, 0.05) is 31.5 Å². The number of halogens is 1. The highest BCUT2D eigenvalue weighted by Gasteiger charge is 2.15. The molecule has 0 unspecified atom stereocenters. The molecule has 11 heteroatoms. The third kappa shape index (κ3) is 7.64. The van der Waals surface area contributed by atoms with Crippen molar-refractivity contribution in [3.05, 3.63) is 83.9 Å². The highest BCUT2D eigenvalue weighted by molar-refractivity contribution is 5.99. The molecule has 2 aromatic heterocycles. The molecule has 208 valence electrons. The first-order valence-corrected chi connectivity index (χ1v) is 12.8. The minimum Gasteiger partial charge on any atom is -0.457 e. The van der Waals surface area contributed by atoms with E-state index in [0.717, 1.165) is 42.3 Å². The second-order valence-corrected chi connectivity index (χ2v) is 9.05. The topological polar surface area (TPSA) is 119 Å². The molecule has 3 amide bonds. The molecule has 4 aromatic rings. The summed E-state index contributed by atoms with van der Waals surface area (Å²) >= 11 is 0. The van der Waals surface area contributed by atoms with E-state index in [4.69, 9.17) is 9.47 Å². The minimum absolute atomic E-state index is 0.0281. The van der Waals surface area contributed by atoms with Gasteiger partial charge in [-0.3, -0.25) is 10.1 Å². The number of hydrogen-bond donors (Lipinski definition) is 3. The van der Waals surface area contributed by atoms with E-state index in [9.17, 15) is 14.0 Å². The van der Waals surface area contributed by atoms with Crippen LogP contribution in [0.5, 0.6) is 11.5 Å². The van der Waals surface area contributed by atoms with Gasteiger partial charge in [0.05, 0.1) is 17.1 Å². The van der Waals surface area contributed by atoms with Gasteiger partial charge in [-0.05, 0) is 50.1 Å². The van der Waals surface area contributed by atoms with E-state index in [-0.39, 0.29) is 29.8 Å². The highest BCUT2D eigenvalue weighted by atomic mass is 19.1. The predicted octanol–water partition coefficient (Wildman–Crippen LogP) is 6.08. The summed E-state index contributed by atoms with van der Waals surface area (Å²) in [5.41, 5.74) is 2.73. The second kappa shape index (κ2) is 13.3. The van der Waals surface area contributed by atoms with E-state index >= 15 is 0 Å². The first-order chi connectivity index (χ1) is 19.3. The summed E-state index contributed by atoms with van der Waals surface area (Å²) in [6, 6.07) is 16.1. The number of hydrogen-bond acceptors (Lipinski definition) is 6. The smallest absolute Gasteiger partial charge is 0.324 e. The Morgan fingerprint density at radius 1 is 0.975 bits per heavy atom. The lowest BCUT2D eigenvalue weighted by molar-refractivity contribution is -0.119. The summed E-state index contributed by atoms with van der Waals surface area (Å²) in [5, 5.41) is 12.6. The van der Waals surface area contributed by atoms with Crippen LogP contribution in [0.25, 0.3) is 5.69 Å². The Labute approximate surface area is 231 Å². The van der Waals surface area contributed by atoms with Gasteiger partial charge in [0.1, 0.15) is 35.6 Å². The Bertz CT molecular complexity index is 1470. The number of pyridine rings is 1. The molecule has 0 aliphatic rings. The summed E-state index contributed by atoms with van der Waals surface area (Å²) in [4.78, 5) is 28.6. The van der Waals surface area contributed by atoms with Gasteiger partial charge < -0.3 is 20.1 Å². The van der Waals surface area contributed by atoms with Crippen LogP contribution in [0, 0.1) is 12.7 Å². The quantitative estimate of drug-likeness (QED) is 0.210. The molecule has 0 atom stereocenters. The van der Waals surface area contributed by atoms with Crippen LogP contribution in [0.15, 0.2) is 66.9 Å². The third-order valence-corrected chi connectivity index (χ3v) is 5.77. The van der Waals surface area contributed by atoms with Crippen molar-refractivity contribution in [1.29, 1.82) is 0 Å². The van der Waals surface area contributed by atoms with Crippen molar-refractivity contribution in [2.75, 3.05) is 29.7 Å². The first kappa shape index (κ1) is 28.2. The molecule has 0 fully saturated rings. The molecule has 4 rings (SSSR count). The van der Waals surface area contributed by atoms with E-state index < -0.39 is 11.8 Å². The van der Waals surface area contributed by atoms with Crippen LogP contribution in [-0.2, 0) is 16.0 Å². The number of carbonyl (C=O) groups excluding carboxylic acids is 2. The molecular weight excluding hydrogens is 515 g/mol. The number of nitrogens with zero attached hydrogens (tertiary/aromatic N) is 3. The number of anilines is 3. The van der Waals surface area contributed by atoms with Crippen molar-refractivity contribution >= 4 is 29.3 Å². The van der Waals surface area contributed by atoms with E-state index in [1.54, 1.807) is 10.7 Å². The fourth-order valence-electron chi connectivity index (χ4n) is 3.80. The number of aromatic nitrogens is 3. The molecule has 10 nitrogen and oxygen atoms in total. The summed E-state index contributed by atoms with van der Waals surface area (Å²) in [6.07, 6.45) is 4.22. The van der Waals surface area contributed by atoms with Gasteiger partial charge in [0.15, 0.2) is 0 Å². The molecule has 0 radical (unpaired) electrons. The summed E-state index contributed by atoms with van der Waals surface area (Å²) < 4.78 is 27.0. The lowest BCUT2D eigenvalue weighted by atomic mass is 10.2. The lowest BCUT2D eigenvalue weighted by Gasteiger charge is -2.12. The van der Waals surface area contributed by atoms with E-state index in [1.165, 1.54) is 31.5 Å². The molecule has 0 bridgehead atoms. The zero-order valence-corrected chi connectivity index (χ0v) is 22.5. The van der Waals surface area contributed by atoms with Gasteiger partial charge in [-0.15, -0.1) is 0 Å². The molecule has 3 N–H and O–H groups in total. The standard InChI is InChI=1S/C29H31FN6O4/c1-4-5-6-20-15-27(36(35-20)21-9-7-19(2)8-10-21)34-29(38)32-25-12-11-22(16-24(25)30)40-23-13-14-31-26(17-23)33-28(37)18-39-3/h7-17H,4-6,18H2,1-3H3,(H,31,33,37)(H2,32,34,38). The Kier molecular flexibility index (Phi) is 9.42. The zero-order chi connectivity index (χ0) is 28.5. The Hall–Kier alpha value is -4.77. The van der Waals surface area contributed by atoms with Crippen LogP contribution in [0.3, 0.4) is 0 Å². The van der Waals surface area contributed by atoms with Gasteiger partial charge in [0.2, 0.25) is 0 Å². The molecule has 0 aliphatic carbocycles. The number of nitrogens with one attached hydrogen (secondary N) is 3. The highest BCUT2D eigenvalue weighted by Crippen LogP contribution is 2.27. The summed E-state index contributed by atoms with van der Waals surface area (Å²) in [7, 11) is 1.41. The molecular formula is C29H31FN6O4. The van der Waals surface area contributed by atoms with Crippen molar-refractivity contribution in [2.45, 2.75) is 33.1 Å². The van der Waals surface area contributed by atoms with Crippen molar-refractivity contribution in [1.82, 2.24) is 14.8 Å². The van der Waals surface area contributed by atoms with Crippen molar-refractivity contribution < 1.29 is 23.5 Å². The molecule has 2 heterocycles. The molecule has 40 heavy (non-hydrogen) atoms. The maximum Gasteiger partial charge on any atom is 0.324 e. The van der Waals surface area contributed by atoms with Crippen molar-refractivity contribution in [3.8, 4) is 17.2 Å². The van der Waals surface area contributed by atoms with Crippen LogP contribution in [0.2, 0.25) is 0 Å². The van der Waals surface area contributed by atoms with E-state index in [0.29, 0.717) is 11.6 Å². The van der Waals surface area contributed by atoms with E-state index in [2.05, 4.69) is 33.0 Å². The SMILES string of the molecule is CCCCc1cc(NC(=O)Nc2ccc(Oc3ccnc(NC(=O)COC)c3)cc2F)n(-c2ccc(C)cc2)n1. The van der Waals surface area contributed by atoms with Crippen LogP contribution >= 0.6 is 0 Å². The van der Waals surface area contributed by atoms with Crippen LogP contribution in [-0.4, -0.2) is 40.4 Å². The minimum atomic E-state index is -0.689. The summed E-state index contributed by atoms with van der Waals surface area (Å²) in [6.45, 7) is 3.98. The number of urea groups is 1. The maximum atomic E-state index is 14.9. The van der Waals surface area contributed by atoms with Gasteiger partial charge in [-0.25, -0.2) is 18.9 Å². The molecule has 0 saturated heterocycles. The number of carbonyl (C=O) groups is 2. The Morgan fingerprint density at radius 3 is 2.48 bits per heavy atom. The fourth-order valence-corrected chi connectivity index (χ4v) is 3.80. The Morgan fingerprint density at radius 2 is 1.75 bits per heavy atom. The van der Waals surface area contributed by atoms with Crippen LogP contribution in [0.4, 0.5) is 26.5 Å². The normalized spacial score (nSPS) is 10.7.